The number of methoxy groups -OCH3 is 1. The lowest BCUT2D eigenvalue weighted by Gasteiger charge is -2.15. The van der Waals surface area contributed by atoms with Gasteiger partial charge in [0, 0.05) is 11.1 Å². The molecule has 0 amide bonds. The van der Waals surface area contributed by atoms with Crippen molar-refractivity contribution in [2.45, 2.75) is 19.8 Å². The van der Waals surface area contributed by atoms with Gasteiger partial charge in [0.15, 0.2) is 17.3 Å². The second kappa shape index (κ2) is 7.07. The number of rotatable bonds is 5. The summed E-state index contributed by atoms with van der Waals surface area (Å²) in [6.07, 6.45) is 0.959. The summed E-state index contributed by atoms with van der Waals surface area (Å²) in [6.45, 7) is 5.71. The van der Waals surface area contributed by atoms with Gasteiger partial charge in [-0.3, -0.25) is 4.79 Å². The first-order valence-corrected chi connectivity index (χ1v) is 8.36. The van der Waals surface area contributed by atoms with Crippen molar-refractivity contribution in [2.75, 3.05) is 7.11 Å². The summed E-state index contributed by atoms with van der Waals surface area (Å²) in [5.74, 6) is -0.731. The summed E-state index contributed by atoms with van der Waals surface area (Å²) in [6, 6.07) is 7.39. The van der Waals surface area contributed by atoms with Crippen molar-refractivity contribution in [3.05, 3.63) is 58.3 Å². The lowest BCUT2D eigenvalue weighted by Crippen LogP contribution is -2.08. The standard InChI is InChI=1S/C21H20O6/c1-11(2)7-8-12-13(9-10-15(23)18(12)24)20-21(26-3)19(25)17-14(22)5-4-6-16(17)27-20/h4-6,9-10,22-24H,1,7-8H2,2-3H3. The highest BCUT2D eigenvalue weighted by Crippen LogP contribution is 2.41. The number of phenols is 3. The van der Waals surface area contributed by atoms with Crippen molar-refractivity contribution in [3.8, 4) is 34.3 Å². The van der Waals surface area contributed by atoms with Crippen LogP contribution in [0.2, 0.25) is 0 Å². The van der Waals surface area contributed by atoms with Gasteiger partial charge in [0.2, 0.25) is 11.2 Å². The van der Waals surface area contributed by atoms with Crippen LogP contribution in [0.1, 0.15) is 18.9 Å². The van der Waals surface area contributed by atoms with E-state index in [0.717, 1.165) is 5.57 Å². The molecule has 0 aliphatic rings. The topological polar surface area (TPSA) is 100 Å². The van der Waals surface area contributed by atoms with Crippen LogP contribution in [0.25, 0.3) is 22.3 Å². The zero-order valence-corrected chi connectivity index (χ0v) is 15.1. The molecule has 140 valence electrons. The van der Waals surface area contributed by atoms with Gasteiger partial charge in [0.05, 0.1) is 7.11 Å². The number of phenolic OH excluding ortho intramolecular Hbond substituents is 3. The quantitative estimate of drug-likeness (QED) is 0.463. The van der Waals surface area contributed by atoms with Crippen molar-refractivity contribution in [1.29, 1.82) is 0 Å². The molecule has 1 heterocycles. The molecule has 1 aromatic heterocycles. The number of allylic oxidation sites excluding steroid dienone is 1. The third kappa shape index (κ3) is 3.21. The fourth-order valence-electron chi connectivity index (χ4n) is 3.00. The molecular weight excluding hydrogens is 348 g/mol. The number of ether oxygens (including phenoxy) is 1. The van der Waals surface area contributed by atoms with Gasteiger partial charge >= 0.3 is 0 Å². The lowest BCUT2D eigenvalue weighted by molar-refractivity contribution is 0.394. The molecule has 0 aliphatic carbocycles. The Labute approximate surface area is 155 Å². The van der Waals surface area contributed by atoms with E-state index in [1.54, 1.807) is 18.2 Å². The van der Waals surface area contributed by atoms with Crippen molar-refractivity contribution in [1.82, 2.24) is 0 Å². The third-order valence-electron chi connectivity index (χ3n) is 4.37. The summed E-state index contributed by atoms with van der Waals surface area (Å²) >= 11 is 0. The molecule has 3 N–H and O–H groups in total. The first-order valence-electron chi connectivity index (χ1n) is 8.36. The van der Waals surface area contributed by atoms with E-state index in [0.29, 0.717) is 24.0 Å². The van der Waals surface area contributed by atoms with Crippen LogP contribution >= 0.6 is 0 Å². The maximum absolute atomic E-state index is 12.8. The van der Waals surface area contributed by atoms with Crippen molar-refractivity contribution in [3.63, 3.8) is 0 Å². The van der Waals surface area contributed by atoms with Crippen molar-refractivity contribution < 1.29 is 24.5 Å². The SMILES string of the molecule is C=C(C)CCc1c(-c2oc3cccc(O)c3c(=O)c2OC)ccc(O)c1O. The Hall–Kier alpha value is -3.41. The Morgan fingerprint density at radius 3 is 2.56 bits per heavy atom. The minimum atomic E-state index is -0.523. The molecule has 0 saturated heterocycles. The molecule has 3 rings (SSSR count). The van der Waals surface area contributed by atoms with E-state index in [1.807, 2.05) is 6.92 Å². The van der Waals surface area contributed by atoms with Gasteiger partial charge in [0.25, 0.3) is 0 Å². The molecule has 0 bridgehead atoms. The van der Waals surface area contributed by atoms with Crippen LogP contribution in [-0.2, 0) is 6.42 Å². The van der Waals surface area contributed by atoms with E-state index >= 15 is 0 Å². The van der Waals surface area contributed by atoms with Gasteiger partial charge < -0.3 is 24.5 Å². The zero-order chi connectivity index (χ0) is 19.7. The molecule has 0 saturated carbocycles. The number of hydrogen-bond acceptors (Lipinski definition) is 6. The minimum absolute atomic E-state index is 0.0181. The maximum Gasteiger partial charge on any atom is 0.238 e. The van der Waals surface area contributed by atoms with Crippen LogP contribution in [-0.4, -0.2) is 22.4 Å². The average molecular weight is 368 g/mol. The predicted molar refractivity (Wildman–Crippen MR) is 103 cm³/mol. The third-order valence-corrected chi connectivity index (χ3v) is 4.37. The van der Waals surface area contributed by atoms with E-state index in [-0.39, 0.29) is 39.7 Å². The van der Waals surface area contributed by atoms with E-state index < -0.39 is 5.43 Å². The monoisotopic (exact) mass is 368 g/mol. The second-order valence-electron chi connectivity index (χ2n) is 6.36. The van der Waals surface area contributed by atoms with Crippen LogP contribution < -0.4 is 10.2 Å². The lowest BCUT2D eigenvalue weighted by atomic mass is 9.96. The highest BCUT2D eigenvalue weighted by Gasteiger charge is 2.23. The van der Waals surface area contributed by atoms with Gasteiger partial charge in [-0.15, -0.1) is 6.58 Å². The Morgan fingerprint density at radius 2 is 1.89 bits per heavy atom. The first-order chi connectivity index (χ1) is 12.8. The molecule has 0 unspecified atom stereocenters. The molecule has 27 heavy (non-hydrogen) atoms. The zero-order valence-electron chi connectivity index (χ0n) is 15.1. The van der Waals surface area contributed by atoms with Crippen molar-refractivity contribution in [2.24, 2.45) is 0 Å². The van der Waals surface area contributed by atoms with Crippen LogP contribution in [0.5, 0.6) is 23.0 Å². The molecule has 0 atom stereocenters. The predicted octanol–water partition coefficient (Wildman–Crippen LogP) is 4.09. The molecule has 3 aromatic rings. The summed E-state index contributed by atoms with van der Waals surface area (Å²) < 4.78 is 11.1. The fraction of sp³-hybridized carbons (Fsp3) is 0.190. The summed E-state index contributed by atoms with van der Waals surface area (Å²) in [4.78, 5) is 12.8. The molecule has 6 heteroatoms. The van der Waals surface area contributed by atoms with Gasteiger partial charge in [-0.2, -0.15) is 0 Å². The van der Waals surface area contributed by atoms with Crippen molar-refractivity contribution >= 4 is 11.0 Å². The van der Waals surface area contributed by atoms with E-state index in [4.69, 9.17) is 9.15 Å². The molecule has 0 fully saturated rings. The number of fused-ring (bicyclic) bond motifs is 1. The molecule has 2 aromatic carbocycles. The second-order valence-corrected chi connectivity index (χ2v) is 6.36. The van der Waals surface area contributed by atoms with Crippen LogP contribution in [0.4, 0.5) is 0 Å². The first kappa shape index (κ1) is 18.4. The largest absolute Gasteiger partial charge is 0.507 e. The molecule has 0 spiro atoms. The fourth-order valence-corrected chi connectivity index (χ4v) is 3.00. The van der Waals surface area contributed by atoms with Gasteiger partial charge in [-0.25, -0.2) is 0 Å². The summed E-state index contributed by atoms with van der Waals surface area (Å²) in [5.41, 5.74) is 1.41. The highest BCUT2D eigenvalue weighted by molar-refractivity contribution is 5.87. The van der Waals surface area contributed by atoms with Gasteiger partial charge in [0.1, 0.15) is 16.7 Å². The molecule has 6 nitrogen and oxygen atoms in total. The van der Waals surface area contributed by atoms with E-state index in [1.165, 1.54) is 19.2 Å². The Morgan fingerprint density at radius 1 is 1.15 bits per heavy atom. The Kier molecular flexibility index (Phi) is 4.81. The number of benzene rings is 2. The maximum atomic E-state index is 12.8. The average Bonchev–Trinajstić information content (AvgIpc) is 2.62. The summed E-state index contributed by atoms with van der Waals surface area (Å²) in [7, 11) is 1.33. The molecular formula is C21H20O6. The van der Waals surface area contributed by atoms with Gasteiger partial charge in [-0.05, 0) is 44.0 Å². The smallest absolute Gasteiger partial charge is 0.238 e. The summed E-state index contributed by atoms with van der Waals surface area (Å²) in [5, 5.41) is 30.3. The van der Waals surface area contributed by atoms with Crippen LogP contribution in [0, 0.1) is 0 Å². The van der Waals surface area contributed by atoms with Crippen LogP contribution in [0.15, 0.2) is 51.7 Å². The normalized spacial score (nSPS) is 10.9. The minimum Gasteiger partial charge on any atom is -0.507 e. The molecule has 0 radical (unpaired) electrons. The molecule has 0 aliphatic heterocycles. The number of hydrogen-bond donors (Lipinski definition) is 3. The van der Waals surface area contributed by atoms with E-state index in [2.05, 4.69) is 6.58 Å². The Balaban J connectivity index is 2.34. The number of aromatic hydroxyl groups is 3. The van der Waals surface area contributed by atoms with Crippen LogP contribution in [0.3, 0.4) is 0 Å². The highest BCUT2D eigenvalue weighted by atomic mass is 16.5. The Bertz CT molecular complexity index is 1090. The van der Waals surface area contributed by atoms with Gasteiger partial charge in [-0.1, -0.05) is 11.6 Å². The van der Waals surface area contributed by atoms with E-state index in [9.17, 15) is 20.1 Å².